The molecule has 2 rings (SSSR count). The third-order valence-electron chi connectivity index (χ3n) is 2.91. The van der Waals surface area contributed by atoms with Gasteiger partial charge in [-0.1, -0.05) is 12.2 Å². The Balaban J connectivity index is 2.14. The highest BCUT2D eigenvalue weighted by Crippen LogP contribution is 2.26. The Hall–Kier alpha value is -1.23. The van der Waals surface area contributed by atoms with Crippen molar-refractivity contribution in [2.24, 2.45) is 5.73 Å². The fraction of sp³-hybridized carbons (Fsp3) is 0.545. The molecule has 0 radical (unpaired) electrons. The van der Waals surface area contributed by atoms with Gasteiger partial charge >= 0.3 is 0 Å². The van der Waals surface area contributed by atoms with Crippen molar-refractivity contribution in [3.05, 3.63) is 17.6 Å². The van der Waals surface area contributed by atoms with Crippen molar-refractivity contribution in [2.75, 3.05) is 18.5 Å². The lowest BCUT2D eigenvalue weighted by atomic mass is 10.2. The van der Waals surface area contributed by atoms with Crippen LogP contribution in [0.25, 0.3) is 0 Å². The molecule has 0 fully saturated rings. The lowest BCUT2D eigenvalue weighted by Crippen LogP contribution is -2.25. The van der Waals surface area contributed by atoms with Gasteiger partial charge in [0.1, 0.15) is 12.1 Å². The number of aromatic nitrogens is 2. The normalized spacial score (nSPS) is 13.6. The summed E-state index contributed by atoms with van der Waals surface area (Å²) < 4.78 is 0. The molecule has 16 heavy (non-hydrogen) atoms. The molecule has 1 aromatic heterocycles. The largest absolute Gasteiger partial charge is 0.393 e. The Kier molecular flexibility index (Phi) is 3.33. The van der Waals surface area contributed by atoms with Crippen molar-refractivity contribution in [3.8, 4) is 0 Å². The smallest absolute Gasteiger partial charge is 0.135 e. The van der Waals surface area contributed by atoms with Crippen molar-refractivity contribution >= 4 is 23.0 Å². The van der Waals surface area contributed by atoms with Gasteiger partial charge in [0.15, 0.2) is 0 Å². The van der Waals surface area contributed by atoms with E-state index >= 15 is 0 Å². The first-order valence-electron chi connectivity index (χ1n) is 5.50. The van der Waals surface area contributed by atoms with Gasteiger partial charge in [-0.05, 0) is 19.3 Å². The van der Waals surface area contributed by atoms with E-state index in [4.69, 9.17) is 18.0 Å². The van der Waals surface area contributed by atoms with E-state index in [2.05, 4.69) is 14.9 Å². The van der Waals surface area contributed by atoms with Crippen LogP contribution in [0.3, 0.4) is 0 Å². The molecular weight excluding hydrogens is 220 g/mol. The summed E-state index contributed by atoms with van der Waals surface area (Å²) in [7, 11) is 2.03. The van der Waals surface area contributed by atoms with Gasteiger partial charge in [-0.15, -0.1) is 0 Å². The standard InChI is InChI=1S/C11H16N4S/c1-15(6-5-10(12)16)11-8-3-2-4-9(8)13-7-14-11/h7H,2-6H2,1H3,(H2,12,16). The number of thiocarbonyl (C=S) groups is 1. The molecule has 5 heteroatoms. The SMILES string of the molecule is CN(CCC(N)=S)c1ncnc2c1CCC2. The molecular formula is C11H16N4S. The quantitative estimate of drug-likeness (QED) is 0.793. The molecule has 0 aromatic carbocycles. The number of hydrogen-bond acceptors (Lipinski definition) is 4. The maximum Gasteiger partial charge on any atom is 0.135 e. The van der Waals surface area contributed by atoms with E-state index in [1.54, 1.807) is 6.33 Å². The van der Waals surface area contributed by atoms with E-state index < -0.39 is 0 Å². The first-order chi connectivity index (χ1) is 7.68. The first kappa shape index (κ1) is 11.3. The van der Waals surface area contributed by atoms with Crippen molar-refractivity contribution in [1.82, 2.24) is 9.97 Å². The van der Waals surface area contributed by atoms with Crippen molar-refractivity contribution in [2.45, 2.75) is 25.7 Å². The van der Waals surface area contributed by atoms with E-state index in [0.29, 0.717) is 4.99 Å². The van der Waals surface area contributed by atoms with E-state index in [1.807, 2.05) is 7.05 Å². The molecule has 0 spiro atoms. The maximum absolute atomic E-state index is 5.50. The van der Waals surface area contributed by atoms with Crippen LogP contribution in [0.2, 0.25) is 0 Å². The lowest BCUT2D eigenvalue weighted by molar-refractivity contribution is 0.873. The zero-order valence-electron chi connectivity index (χ0n) is 9.44. The fourth-order valence-corrected chi connectivity index (χ4v) is 2.15. The van der Waals surface area contributed by atoms with E-state index in [0.717, 1.165) is 31.6 Å². The highest BCUT2D eigenvalue weighted by Gasteiger charge is 2.18. The van der Waals surface area contributed by atoms with Crippen molar-refractivity contribution < 1.29 is 0 Å². The van der Waals surface area contributed by atoms with Gasteiger partial charge in [0.05, 0.1) is 4.99 Å². The molecule has 86 valence electrons. The van der Waals surface area contributed by atoms with Crippen LogP contribution in [0.5, 0.6) is 0 Å². The lowest BCUT2D eigenvalue weighted by Gasteiger charge is -2.20. The summed E-state index contributed by atoms with van der Waals surface area (Å²) in [5.74, 6) is 1.04. The molecule has 0 saturated heterocycles. The molecule has 1 aromatic rings. The van der Waals surface area contributed by atoms with Crippen LogP contribution in [0.4, 0.5) is 5.82 Å². The highest BCUT2D eigenvalue weighted by atomic mass is 32.1. The topological polar surface area (TPSA) is 55.0 Å². The minimum Gasteiger partial charge on any atom is -0.393 e. The molecule has 0 saturated carbocycles. The second-order valence-corrected chi connectivity index (χ2v) is 4.64. The fourth-order valence-electron chi connectivity index (χ4n) is 2.06. The van der Waals surface area contributed by atoms with Crippen LogP contribution in [-0.4, -0.2) is 28.5 Å². The van der Waals surface area contributed by atoms with Gasteiger partial charge in [-0.2, -0.15) is 0 Å². The summed E-state index contributed by atoms with van der Waals surface area (Å²) in [6.45, 7) is 0.818. The Morgan fingerprint density at radius 1 is 1.50 bits per heavy atom. The number of nitrogens with two attached hydrogens (primary N) is 1. The zero-order valence-corrected chi connectivity index (χ0v) is 10.3. The van der Waals surface area contributed by atoms with E-state index in [1.165, 1.54) is 17.7 Å². The van der Waals surface area contributed by atoms with Crippen LogP contribution in [0, 0.1) is 0 Å². The number of hydrogen-bond donors (Lipinski definition) is 1. The maximum atomic E-state index is 5.50. The highest BCUT2D eigenvalue weighted by molar-refractivity contribution is 7.80. The third kappa shape index (κ3) is 2.29. The Morgan fingerprint density at radius 3 is 3.06 bits per heavy atom. The minimum atomic E-state index is 0.553. The van der Waals surface area contributed by atoms with E-state index in [9.17, 15) is 0 Å². The minimum absolute atomic E-state index is 0.553. The average Bonchev–Trinajstić information content (AvgIpc) is 2.73. The summed E-state index contributed by atoms with van der Waals surface area (Å²) in [5, 5.41) is 0. The zero-order chi connectivity index (χ0) is 11.5. The van der Waals surface area contributed by atoms with Gasteiger partial charge in [0.2, 0.25) is 0 Å². The van der Waals surface area contributed by atoms with Crippen LogP contribution in [0.1, 0.15) is 24.1 Å². The second kappa shape index (κ2) is 4.74. The summed E-state index contributed by atoms with van der Waals surface area (Å²) in [6.07, 6.45) is 5.72. The molecule has 1 heterocycles. The summed E-state index contributed by atoms with van der Waals surface area (Å²) in [4.78, 5) is 11.3. The van der Waals surface area contributed by atoms with Crippen LogP contribution in [0.15, 0.2) is 6.33 Å². The number of anilines is 1. The second-order valence-electron chi connectivity index (χ2n) is 4.11. The molecule has 2 N–H and O–H groups in total. The van der Waals surface area contributed by atoms with Gasteiger partial charge in [0.25, 0.3) is 0 Å². The predicted molar refractivity (Wildman–Crippen MR) is 68.7 cm³/mol. The van der Waals surface area contributed by atoms with E-state index in [-0.39, 0.29) is 0 Å². The molecule has 1 aliphatic rings. The van der Waals surface area contributed by atoms with Crippen molar-refractivity contribution in [1.29, 1.82) is 0 Å². The molecule has 1 aliphatic carbocycles. The first-order valence-corrected chi connectivity index (χ1v) is 5.91. The number of fused-ring (bicyclic) bond motifs is 1. The van der Waals surface area contributed by atoms with Gasteiger partial charge < -0.3 is 10.6 Å². The Bertz CT molecular complexity index is 405. The predicted octanol–water partition coefficient (Wildman–Crippen LogP) is 1.08. The molecule has 0 amide bonds. The Morgan fingerprint density at radius 2 is 2.31 bits per heavy atom. The van der Waals surface area contributed by atoms with Crippen LogP contribution < -0.4 is 10.6 Å². The summed E-state index contributed by atoms with van der Waals surface area (Å²) in [6, 6.07) is 0. The number of nitrogens with zero attached hydrogens (tertiary/aromatic N) is 3. The third-order valence-corrected chi connectivity index (χ3v) is 3.11. The van der Waals surface area contributed by atoms with Crippen molar-refractivity contribution in [3.63, 3.8) is 0 Å². The van der Waals surface area contributed by atoms with Gasteiger partial charge in [-0.3, -0.25) is 0 Å². The monoisotopic (exact) mass is 236 g/mol. The summed E-state index contributed by atoms with van der Waals surface area (Å²) in [5.41, 5.74) is 8.00. The van der Waals surface area contributed by atoms with Gasteiger partial charge in [-0.25, -0.2) is 9.97 Å². The van der Waals surface area contributed by atoms with Crippen LogP contribution in [-0.2, 0) is 12.8 Å². The molecule has 0 aliphatic heterocycles. The molecule has 0 bridgehead atoms. The Labute approximate surface area is 101 Å². The number of aryl methyl sites for hydroxylation is 1. The van der Waals surface area contributed by atoms with Crippen LogP contribution >= 0.6 is 12.2 Å². The number of rotatable bonds is 4. The summed E-state index contributed by atoms with van der Waals surface area (Å²) >= 11 is 4.88. The molecule has 4 nitrogen and oxygen atoms in total. The average molecular weight is 236 g/mol. The molecule has 0 atom stereocenters. The molecule has 0 unspecified atom stereocenters. The van der Waals surface area contributed by atoms with Gasteiger partial charge in [0, 0.05) is 31.3 Å².